The predicted octanol–water partition coefficient (Wildman–Crippen LogP) is 3.63. The third-order valence-corrected chi connectivity index (χ3v) is 5.29. The van der Waals surface area contributed by atoms with Gasteiger partial charge in [-0.2, -0.15) is 0 Å². The van der Waals surface area contributed by atoms with Gasteiger partial charge in [0.1, 0.15) is 17.4 Å². The van der Waals surface area contributed by atoms with Crippen molar-refractivity contribution >= 4 is 22.8 Å². The molecule has 7 nitrogen and oxygen atoms in total. The molecule has 0 saturated heterocycles. The zero-order chi connectivity index (χ0) is 23.3. The van der Waals surface area contributed by atoms with E-state index in [-0.39, 0.29) is 6.42 Å². The van der Waals surface area contributed by atoms with E-state index in [1.807, 2.05) is 31.2 Å². The summed E-state index contributed by atoms with van der Waals surface area (Å²) in [5, 5.41) is 12.9. The Balaban J connectivity index is 1.77. The lowest BCUT2D eigenvalue weighted by atomic mass is 10.0. The summed E-state index contributed by atoms with van der Waals surface area (Å²) in [5.74, 6) is -1.28. The number of carbonyl (C=O) groups excluding carboxylic acids is 1. The first kappa shape index (κ1) is 23.1. The number of carboxylic acids is 1. The lowest BCUT2D eigenvalue weighted by Gasteiger charge is -2.20. The molecule has 0 aliphatic rings. The summed E-state index contributed by atoms with van der Waals surface area (Å²) in [6, 6.07) is 13.0. The molecule has 0 fully saturated rings. The number of aryl methyl sites for hydroxylation is 2. The fraction of sp³-hybridized carbons (Fsp3) is 0.320. The lowest BCUT2D eigenvalue weighted by molar-refractivity contribution is -0.142. The molecule has 0 aliphatic carbocycles. The lowest BCUT2D eigenvalue weighted by Crippen LogP contribution is -2.47. The van der Waals surface area contributed by atoms with E-state index in [0.29, 0.717) is 16.9 Å². The van der Waals surface area contributed by atoms with Crippen LogP contribution >= 0.6 is 0 Å². The summed E-state index contributed by atoms with van der Waals surface area (Å²) >= 11 is 0. The zero-order valence-electron chi connectivity index (χ0n) is 18.4. The molecule has 32 heavy (non-hydrogen) atoms. The molecule has 2 aromatic carbocycles. The van der Waals surface area contributed by atoms with Crippen LogP contribution in [-0.4, -0.2) is 29.1 Å². The Labute approximate surface area is 186 Å². The van der Waals surface area contributed by atoms with Crippen molar-refractivity contribution in [3.8, 4) is 5.75 Å². The highest BCUT2D eigenvalue weighted by Crippen LogP contribution is 2.29. The molecular weight excluding hydrogens is 410 g/mol. The maximum Gasteiger partial charge on any atom is 0.336 e. The molecule has 1 amide bonds. The van der Waals surface area contributed by atoms with E-state index in [2.05, 4.69) is 5.32 Å². The van der Waals surface area contributed by atoms with Crippen molar-refractivity contribution in [2.24, 2.45) is 0 Å². The summed E-state index contributed by atoms with van der Waals surface area (Å²) in [7, 11) is 0. The molecule has 168 valence electrons. The minimum Gasteiger partial charge on any atom is -0.480 e. The molecule has 0 bridgehead atoms. The number of nitrogens with one attached hydrogen (secondary N) is 1. The number of benzene rings is 2. The SMILES string of the molecule is CCCc1cc(=O)oc2c(C)c(OC(C)C(=O)N[C@@H](Cc3ccccc3)C(=O)O)ccc12. The Morgan fingerprint density at radius 3 is 2.53 bits per heavy atom. The van der Waals surface area contributed by atoms with Crippen molar-refractivity contribution in [3.05, 3.63) is 75.6 Å². The fourth-order valence-corrected chi connectivity index (χ4v) is 3.59. The van der Waals surface area contributed by atoms with Crippen LogP contribution in [0.2, 0.25) is 0 Å². The average molecular weight is 437 g/mol. The molecular formula is C25H27NO6. The second-order valence-electron chi connectivity index (χ2n) is 7.76. The third kappa shape index (κ3) is 5.35. The molecule has 1 aromatic heterocycles. The molecule has 0 saturated carbocycles. The van der Waals surface area contributed by atoms with Gasteiger partial charge in [-0.25, -0.2) is 9.59 Å². The monoisotopic (exact) mass is 437 g/mol. The summed E-state index contributed by atoms with van der Waals surface area (Å²) in [6.45, 7) is 5.34. The first-order valence-corrected chi connectivity index (χ1v) is 10.6. The van der Waals surface area contributed by atoms with Crippen molar-refractivity contribution in [2.75, 3.05) is 0 Å². The van der Waals surface area contributed by atoms with Gasteiger partial charge in [0.05, 0.1) is 0 Å². The standard InChI is InChI=1S/C25H27NO6/c1-4-8-18-14-22(27)32-23-15(2)21(12-11-19(18)23)31-16(3)24(28)26-20(25(29)30)13-17-9-6-5-7-10-17/h5-7,9-12,14,16,20H,4,8,13H2,1-3H3,(H,26,28)(H,29,30)/t16?,20-/m0/s1. The van der Waals surface area contributed by atoms with Gasteiger partial charge >= 0.3 is 11.6 Å². The van der Waals surface area contributed by atoms with Crippen LogP contribution in [0.4, 0.5) is 0 Å². The van der Waals surface area contributed by atoms with Crippen LogP contribution < -0.4 is 15.7 Å². The Bertz CT molecular complexity index is 1170. The molecule has 7 heteroatoms. The Kier molecular flexibility index (Phi) is 7.30. The number of ether oxygens (including phenoxy) is 1. The van der Waals surface area contributed by atoms with Gasteiger partial charge in [0, 0.05) is 23.4 Å². The highest BCUT2D eigenvalue weighted by Gasteiger charge is 2.25. The Hall–Kier alpha value is -3.61. The number of carbonyl (C=O) groups is 2. The van der Waals surface area contributed by atoms with Gasteiger partial charge in [0.25, 0.3) is 5.91 Å². The molecule has 3 aromatic rings. The van der Waals surface area contributed by atoms with Gasteiger partial charge < -0.3 is 19.6 Å². The molecule has 0 spiro atoms. The van der Waals surface area contributed by atoms with Crippen LogP contribution in [0.25, 0.3) is 11.0 Å². The molecule has 1 unspecified atom stereocenters. The van der Waals surface area contributed by atoms with E-state index in [1.54, 1.807) is 32.0 Å². The Morgan fingerprint density at radius 1 is 1.16 bits per heavy atom. The van der Waals surface area contributed by atoms with Crippen LogP contribution in [0.1, 0.15) is 37.0 Å². The van der Waals surface area contributed by atoms with E-state index in [0.717, 1.165) is 29.4 Å². The van der Waals surface area contributed by atoms with Gasteiger partial charge in [-0.3, -0.25) is 4.79 Å². The average Bonchev–Trinajstić information content (AvgIpc) is 2.76. The van der Waals surface area contributed by atoms with E-state index in [9.17, 15) is 19.5 Å². The second-order valence-corrected chi connectivity index (χ2v) is 7.76. The highest BCUT2D eigenvalue weighted by atomic mass is 16.5. The first-order valence-electron chi connectivity index (χ1n) is 10.6. The largest absolute Gasteiger partial charge is 0.480 e. The maximum absolute atomic E-state index is 12.6. The second kappa shape index (κ2) is 10.1. The third-order valence-electron chi connectivity index (χ3n) is 5.29. The van der Waals surface area contributed by atoms with Gasteiger partial charge in [-0.15, -0.1) is 0 Å². The highest BCUT2D eigenvalue weighted by molar-refractivity contribution is 5.87. The molecule has 0 radical (unpaired) electrons. The van der Waals surface area contributed by atoms with E-state index < -0.39 is 29.6 Å². The van der Waals surface area contributed by atoms with Crippen molar-refractivity contribution in [1.29, 1.82) is 0 Å². The van der Waals surface area contributed by atoms with Crippen LogP contribution in [-0.2, 0) is 22.4 Å². The molecule has 3 rings (SSSR count). The number of fused-ring (bicyclic) bond motifs is 1. The van der Waals surface area contributed by atoms with Crippen molar-refractivity contribution in [1.82, 2.24) is 5.32 Å². The summed E-state index contributed by atoms with van der Waals surface area (Å²) in [5.41, 5.74) is 2.31. The quantitative estimate of drug-likeness (QED) is 0.495. The molecule has 0 aliphatic heterocycles. The maximum atomic E-state index is 12.6. The molecule has 2 atom stereocenters. The normalized spacial score (nSPS) is 12.8. The fourth-order valence-electron chi connectivity index (χ4n) is 3.59. The Morgan fingerprint density at radius 2 is 1.88 bits per heavy atom. The van der Waals surface area contributed by atoms with Crippen molar-refractivity contribution in [3.63, 3.8) is 0 Å². The summed E-state index contributed by atoms with van der Waals surface area (Å²) < 4.78 is 11.2. The van der Waals surface area contributed by atoms with E-state index >= 15 is 0 Å². The van der Waals surface area contributed by atoms with E-state index in [4.69, 9.17) is 9.15 Å². The van der Waals surface area contributed by atoms with Crippen molar-refractivity contribution in [2.45, 2.75) is 52.2 Å². The number of rotatable bonds is 9. The zero-order valence-corrected chi connectivity index (χ0v) is 18.4. The van der Waals surface area contributed by atoms with Gasteiger partial charge in [0.2, 0.25) is 0 Å². The van der Waals surface area contributed by atoms with Gasteiger partial charge in [0.15, 0.2) is 6.10 Å². The number of hydrogen-bond acceptors (Lipinski definition) is 5. The number of carboxylic acid groups (broad SMARTS) is 1. The number of hydrogen-bond donors (Lipinski definition) is 2. The van der Waals surface area contributed by atoms with Crippen LogP contribution in [0.5, 0.6) is 5.75 Å². The topological polar surface area (TPSA) is 106 Å². The summed E-state index contributed by atoms with van der Waals surface area (Å²) in [6.07, 6.45) is 0.850. The number of amides is 1. The van der Waals surface area contributed by atoms with Crippen LogP contribution in [0, 0.1) is 6.92 Å². The van der Waals surface area contributed by atoms with E-state index in [1.165, 1.54) is 6.07 Å². The first-order chi connectivity index (χ1) is 15.3. The molecule has 2 N–H and O–H groups in total. The molecule has 1 heterocycles. The van der Waals surface area contributed by atoms with Crippen LogP contribution in [0.3, 0.4) is 0 Å². The minimum absolute atomic E-state index is 0.162. The van der Waals surface area contributed by atoms with Gasteiger partial charge in [-0.1, -0.05) is 43.7 Å². The minimum atomic E-state index is -1.12. The number of aliphatic carboxylic acids is 1. The van der Waals surface area contributed by atoms with Gasteiger partial charge in [-0.05, 0) is 43.5 Å². The van der Waals surface area contributed by atoms with Crippen LogP contribution in [0.15, 0.2) is 57.7 Å². The smallest absolute Gasteiger partial charge is 0.336 e. The van der Waals surface area contributed by atoms with Crippen molar-refractivity contribution < 1.29 is 23.8 Å². The predicted molar refractivity (Wildman–Crippen MR) is 121 cm³/mol. The summed E-state index contributed by atoms with van der Waals surface area (Å²) in [4.78, 5) is 36.3.